The van der Waals surface area contributed by atoms with E-state index in [9.17, 15) is 4.79 Å². The molecule has 1 unspecified atom stereocenters. The van der Waals surface area contributed by atoms with Crippen molar-refractivity contribution in [1.29, 1.82) is 0 Å². The highest BCUT2D eigenvalue weighted by molar-refractivity contribution is 6.65. The van der Waals surface area contributed by atoms with Gasteiger partial charge in [-0.15, -0.1) is 0 Å². The van der Waals surface area contributed by atoms with Gasteiger partial charge < -0.3 is 10.2 Å². The maximum atomic E-state index is 11.8. The van der Waals surface area contributed by atoms with Crippen LogP contribution in [0.4, 0.5) is 5.69 Å². The second-order valence-electron chi connectivity index (χ2n) is 4.48. The Morgan fingerprint density at radius 1 is 1.33 bits per heavy atom. The molecule has 0 spiro atoms. The number of furan rings is 1. The van der Waals surface area contributed by atoms with Crippen LogP contribution in [0.15, 0.2) is 47.1 Å². The van der Waals surface area contributed by atoms with Crippen molar-refractivity contribution in [3.05, 3.63) is 54.0 Å². The molecule has 0 saturated carbocycles. The molecule has 1 aromatic carbocycles. The van der Waals surface area contributed by atoms with Gasteiger partial charge in [0.1, 0.15) is 5.76 Å². The fourth-order valence-corrected chi connectivity index (χ4v) is 2.07. The van der Waals surface area contributed by atoms with E-state index in [1.54, 1.807) is 31.4 Å². The lowest BCUT2D eigenvalue weighted by molar-refractivity contribution is -0.116. The van der Waals surface area contributed by atoms with Crippen LogP contribution in [0, 0.1) is 0 Å². The zero-order valence-corrected chi connectivity index (χ0v) is 10.8. The third kappa shape index (κ3) is 2.41. The fraction of sp³-hybridized carbons (Fsp3) is 0.214. The van der Waals surface area contributed by atoms with Gasteiger partial charge in [0.2, 0.25) is 5.24 Å². The Morgan fingerprint density at radius 3 is 2.50 bits per heavy atom. The van der Waals surface area contributed by atoms with Crippen LogP contribution in [0.1, 0.15) is 18.2 Å². The smallest absolute Gasteiger partial charge is 0.232 e. The van der Waals surface area contributed by atoms with Gasteiger partial charge in [-0.25, -0.2) is 0 Å². The molecule has 0 aliphatic heterocycles. The highest BCUT2D eigenvalue weighted by Gasteiger charge is 2.35. The highest BCUT2D eigenvalue weighted by atomic mass is 35.5. The van der Waals surface area contributed by atoms with Crippen LogP contribution in [0.5, 0.6) is 0 Å². The summed E-state index contributed by atoms with van der Waals surface area (Å²) in [6.45, 7) is 1.80. The largest absolute Gasteiger partial charge is 0.469 e. The van der Waals surface area contributed by atoms with Crippen molar-refractivity contribution in [2.45, 2.75) is 18.8 Å². The average Bonchev–Trinajstić information content (AvgIpc) is 2.82. The van der Waals surface area contributed by atoms with E-state index in [-0.39, 0.29) is 0 Å². The molecule has 1 atom stereocenters. The van der Waals surface area contributed by atoms with Crippen LogP contribution < -0.4 is 5.73 Å². The fourth-order valence-electron chi connectivity index (χ4n) is 1.90. The van der Waals surface area contributed by atoms with E-state index in [0.29, 0.717) is 12.1 Å². The summed E-state index contributed by atoms with van der Waals surface area (Å²) in [5.74, 6) is 0.725. The number of nitrogen functional groups attached to an aromatic ring is 1. The standard InChI is InChI=1S/C14H14ClNO2/c1-14(13(15)17,9-12-3-2-8-18-12)10-4-6-11(16)7-5-10/h2-8H,9,16H2,1H3. The molecule has 0 aliphatic rings. The van der Waals surface area contributed by atoms with Crippen molar-refractivity contribution >= 4 is 22.5 Å². The number of halogens is 1. The molecular formula is C14H14ClNO2. The molecule has 0 radical (unpaired) electrons. The molecule has 1 aromatic heterocycles. The predicted octanol–water partition coefficient (Wildman–Crippen LogP) is 3.13. The third-order valence-electron chi connectivity index (χ3n) is 3.09. The number of rotatable bonds is 4. The number of benzene rings is 1. The first kappa shape index (κ1) is 12.7. The van der Waals surface area contributed by atoms with Crippen molar-refractivity contribution in [1.82, 2.24) is 0 Å². The summed E-state index contributed by atoms with van der Waals surface area (Å²) in [4.78, 5) is 11.8. The van der Waals surface area contributed by atoms with E-state index < -0.39 is 10.7 Å². The van der Waals surface area contributed by atoms with E-state index in [4.69, 9.17) is 21.8 Å². The van der Waals surface area contributed by atoms with Gasteiger partial charge in [0.15, 0.2) is 0 Å². The van der Waals surface area contributed by atoms with Gasteiger partial charge in [-0.1, -0.05) is 12.1 Å². The van der Waals surface area contributed by atoms with E-state index in [1.807, 2.05) is 18.2 Å². The molecule has 0 fully saturated rings. The van der Waals surface area contributed by atoms with Crippen LogP contribution >= 0.6 is 11.6 Å². The van der Waals surface area contributed by atoms with E-state index >= 15 is 0 Å². The number of carbonyl (C=O) groups is 1. The Bertz CT molecular complexity index is 533. The monoisotopic (exact) mass is 263 g/mol. The second kappa shape index (κ2) is 4.86. The number of hydrogen-bond donors (Lipinski definition) is 1. The first-order valence-corrected chi connectivity index (χ1v) is 5.98. The maximum Gasteiger partial charge on any atom is 0.232 e. The van der Waals surface area contributed by atoms with Crippen molar-refractivity contribution in [3.63, 3.8) is 0 Å². The summed E-state index contributed by atoms with van der Waals surface area (Å²) >= 11 is 5.76. The Morgan fingerprint density at radius 2 is 2.00 bits per heavy atom. The predicted molar refractivity (Wildman–Crippen MR) is 71.5 cm³/mol. The molecule has 4 heteroatoms. The molecule has 0 amide bonds. The number of nitrogens with two attached hydrogens (primary N) is 1. The Labute approximate surface area is 111 Å². The Balaban J connectivity index is 2.37. The molecule has 2 N–H and O–H groups in total. The maximum absolute atomic E-state index is 11.8. The molecule has 3 nitrogen and oxygen atoms in total. The van der Waals surface area contributed by atoms with Crippen LogP contribution in [-0.2, 0) is 16.6 Å². The molecule has 94 valence electrons. The molecule has 0 saturated heterocycles. The van der Waals surface area contributed by atoms with Gasteiger partial charge in [-0.3, -0.25) is 4.79 Å². The highest BCUT2D eigenvalue weighted by Crippen LogP contribution is 2.31. The van der Waals surface area contributed by atoms with Gasteiger partial charge in [0.05, 0.1) is 11.7 Å². The molecule has 0 bridgehead atoms. The van der Waals surface area contributed by atoms with E-state index in [0.717, 1.165) is 11.3 Å². The lowest BCUT2D eigenvalue weighted by atomic mass is 9.80. The number of carbonyl (C=O) groups excluding carboxylic acids is 1. The van der Waals surface area contributed by atoms with Gasteiger partial charge in [-0.05, 0) is 48.4 Å². The minimum atomic E-state index is -0.812. The summed E-state index contributed by atoms with van der Waals surface area (Å²) in [6.07, 6.45) is 2.00. The minimum Gasteiger partial charge on any atom is -0.469 e. The first-order valence-electron chi connectivity index (χ1n) is 5.61. The van der Waals surface area contributed by atoms with Gasteiger partial charge in [0, 0.05) is 12.1 Å². The molecule has 2 aromatic rings. The lowest BCUT2D eigenvalue weighted by Gasteiger charge is -2.25. The van der Waals surface area contributed by atoms with E-state index in [1.165, 1.54) is 0 Å². The van der Waals surface area contributed by atoms with Crippen LogP contribution in [-0.4, -0.2) is 5.24 Å². The Hall–Kier alpha value is -1.74. The van der Waals surface area contributed by atoms with Crippen molar-refractivity contribution in [2.24, 2.45) is 0 Å². The molecule has 0 aliphatic carbocycles. The van der Waals surface area contributed by atoms with Crippen LogP contribution in [0.3, 0.4) is 0 Å². The number of anilines is 1. The molecular weight excluding hydrogens is 250 g/mol. The van der Waals surface area contributed by atoms with Crippen molar-refractivity contribution in [2.75, 3.05) is 5.73 Å². The summed E-state index contributed by atoms with van der Waals surface area (Å²) in [5, 5.41) is -0.413. The quantitative estimate of drug-likeness (QED) is 0.681. The van der Waals surface area contributed by atoms with Gasteiger partial charge in [-0.2, -0.15) is 0 Å². The lowest BCUT2D eigenvalue weighted by Crippen LogP contribution is -2.31. The van der Waals surface area contributed by atoms with Crippen molar-refractivity contribution in [3.8, 4) is 0 Å². The minimum absolute atomic E-state index is 0.413. The third-order valence-corrected chi connectivity index (χ3v) is 3.51. The van der Waals surface area contributed by atoms with Gasteiger partial charge in [0.25, 0.3) is 0 Å². The summed E-state index contributed by atoms with van der Waals surface area (Å²) in [7, 11) is 0. The summed E-state index contributed by atoms with van der Waals surface area (Å²) in [5.41, 5.74) is 6.31. The van der Waals surface area contributed by atoms with Crippen molar-refractivity contribution < 1.29 is 9.21 Å². The first-order chi connectivity index (χ1) is 8.52. The Kier molecular flexibility index (Phi) is 3.43. The second-order valence-corrected chi connectivity index (χ2v) is 4.83. The average molecular weight is 264 g/mol. The molecule has 2 rings (SSSR count). The number of hydrogen-bond acceptors (Lipinski definition) is 3. The van der Waals surface area contributed by atoms with Crippen LogP contribution in [0.2, 0.25) is 0 Å². The zero-order chi connectivity index (χ0) is 13.2. The SMILES string of the molecule is CC(Cc1ccco1)(C(=O)Cl)c1ccc(N)cc1. The molecule has 18 heavy (non-hydrogen) atoms. The topological polar surface area (TPSA) is 56.2 Å². The van der Waals surface area contributed by atoms with E-state index in [2.05, 4.69) is 0 Å². The zero-order valence-electron chi connectivity index (χ0n) is 10.0. The summed E-state index contributed by atoms with van der Waals surface area (Å²) < 4.78 is 5.29. The summed E-state index contributed by atoms with van der Waals surface area (Å²) in [6, 6.07) is 10.8. The molecule has 1 heterocycles. The van der Waals surface area contributed by atoms with Crippen LogP contribution in [0.25, 0.3) is 0 Å². The normalized spacial score (nSPS) is 14.1. The van der Waals surface area contributed by atoms with Gasteiger partial charge >= 0.3 is 0 Å².